The molecule has 13 rings (SSSR count). The average molecular weight is 787 g/mol. The molecule has 0 N–H and O–H groups in total. The van der Waals surface area contributed by atoms with E-state index >= 15 is 0 Å². The summed E-state index contributed by atoms with van der Waals surface area (Å²) >= 11 is 0. The molecule has 61 heavy (non-hydrogen) atoms. The number of anilines is 3. The molecular weight excluding hydrogens is 737 g/mol. The molecule has 2 heteroatoms. The second-order valence-electron chi connectivity index (χ2n) is 17.7. The monoisotopic (exact) mass is 786 g/mol. The average Bonchev–Trinajstić information content (AvgIpc) is 4.16. The van der Waals surface area contributed by atoms with Gasteiger partial charge in [0.25, 0.3) is 0 Å². The quantitative estimate of drug-likeness (QED) is 0.163. The normalized spacial score (nSPS) is 17.8. The number of hydrogen-bond acceptors (Lipinski definition) is 1. The van der Waals surface area contributed by atoms with Crippen molar-refractivity contribution in [3.05, 3.63) is 215 Å². The van der Waals surface area contributed by atoms with Crippen LogP contribution in [0.15, 0.2) is 182 Å². The molecule has 9 aromatic rings. The summed E-state index contributed by atoms with van der Waals surface area (Å²) in [5.74, 6) is -1.17. The van der Waals surface area contributed by atoms with E-state index in [1.165, 1.54) is 66.3 Å². The van der Waals surface area contributed by atoms with Gasteiger partial charge in [0.15, 0.2) is 0 Å². The van der Waals surface area contributed by atoms with Crippen molar-refractivity contribution in [1.29, 1.82) is 0 Å². The molecule has 2 fully saturated rings. The first-order valence-corrected chi connectivity index (χ1v) is 22.4. The Kier molecular flexibility index (Phi) is 7.44. The van der Waals surface area contributed by atoms with Gasteiger partial charge in [0.1, 0.15) is 0 Å². The molecule has 1 aromatic heterocycles. The maximum atomic E-state index is 9.77. The summed E-state index contributed by atoms with van der Waals surface area (Å²) in [6.45, 7) is 0. The van der Waals surface area contributed by atoms with E-state index < -0.39 is 17.2 Å². The zero-order chi connectivity index (χ0) is 41.9. The van der Waals surface area contributed by atoms with Crippen LogP contribution in [0.2, 0.25) is 0 Å². The minimum Gasteiger partial charge on any atom is -0.310 e. The molecule has 0 saturated heterocycles. The van der Waals surface area contributed by atoms with Crippen LogP contribution in [0.5, 0.6) is 0 Å². The van der Waals surface area contributed by atoms with Crippen molar-refractivity contribution in [2.75, 3.05) is 4.90 Å². The van der Waals surface area contributed by atoms with E-state index in [1.54, 1.807) is 0 Å². The van der Waals surface area contributed by atoms with Crippen LogP contribution in [-0.2, 0) is 5.41 Å². The van der Waals surface area contributed by atoms with Crippen LogP contribution in [-0.4, -0.2) is 4.57 Å². The first-order valence-electron chi connectivity index (χ1n) is 23.4. The number of nitrogens with zero attached hydrogens (tertiary/aromatic N) is 2. The Hall–Kier alpha value is -6.64. The highest BCUT2D eigenvalue weighted by Gasteiger charge is 2.52. The summed E-state index contributed by atoms with van der Waals surface area (Å²) in [6, 6.07) is 67.5. The summed E-state index contributed by atoms with van der Waals surface area (Å²) in [5.41, 5.74) is 18.5. The lowest BCUT2D eigenvalue weighted by Crippen LogP contribution is -2.26. The third-order valence-corrected chi connectivity index (χ3v) is 14.6. The fraction of sp³-hybridized carbons (Fsp3) is 0.186. The predicted octanol–water partition coefficient (Wildman–Crippen LogP) is 15.9. The van der Waals surface area contributed by atoms with Crippen LogP contribution < -0.4 is 4.90 Å². The summed E-state index contributed by atoms with van der Waals surface area (Å²) in [7, 11) is 0. The molecule has 8 aromatic carbocycles. The van der Waals surface area contributed by atoms with E-state index in [9.17, 15) is 2.74 Å². The first-order chi connectivity index (χ1) is 30.9. The SMILES string of the molecule is [2H]C1(c2ccc3c(c2)C2(c4ccccc4-c4ccc(N(c5ccccc5)c5cccc(-n6c7ccccc7c7ccccc76)c5)cc42)c2cc(C4([2H])CCCC4)ccc2-3)CCCC1. The molecule has 0 amide bonds. The number of aromatic nitrogens is 1. The molecule has 4 aliphatic carbocycles. The highest BCUT2D eigenvalue weighted by molar-refractivity contribution is 6.09. The van der Waals surface area contributed by atoms with Crippen LogP contribution in [0.4, 0.5) is 17.1 Å². The Labute approximate surface area is 361 Å². The largest absolute Gasteiger partial charge is 0.310 e. The number of rotatable bonds is 6. The van der Waals surface area contributed by atoms with Gasteiger partial charge in [-0.05, 0) is 148 Å². The van der Waals surface area contributed by atoms with E-state index in [0.29, 0.717) is 0 Å². The molecule has 0 atom stereocenters. The summed E-state index contributed by atoms with van der Waals surface area (Å²) < 4.78 is 21.9. The van der Waals surface area contributed by atoms with Gasteiger partial charge in [-0.3, -0.25) is 0 Å². The van der Waals surface area contributed by atoms with E-state index in [0.717, 1.165) is 85.2 Å². The van der Waals surface area contributed by atoms with Gasteiger partial charge in [-0.25, -0.2) is 0 Å². The van der Waals surface area contributed by atoms with Crippen molar-refractivity contribution >= 4 is 38.9 Å². The molecule has 0 aliphatic heterocycles. The van der Waals surface area contributed by atoms with Crippen molar-refractivity contribution in [2.24, 2.45) is 0 Å². The van der Waals surface area contributed by atoms with E-state index in [4.69, 9.17) is 0 Å². The minimum atomic E-state index is -0.615. The Bertz CT molecular complexity index is 3170. The molecule has 4 aliphatic rings. The van der Waals surface area contributed by atoms with E-state index in [1.807, 2.05) is 0 Å². The molecule has 0 radical (unpaired) electrons. The van der Waals surface area contributed by atoms with E-state index in [2.05, 4.69) is 191 Å². The highest BCUT2D eigenvalue weighted by atomic mass is 15.1. The lowest BCUT2D eigenvalue weighted by molar-refractivity contribution is 0.710. The summed E-state index contributed by atoms with van der Waals surface area (Å²) in [6.07, 6.45) is 7.99. The van der Waals surface area contributed by atoms with Crippen LogP contribution in [0.3, 0.4) is 0 Å². The second kappa shape index (κ2) is 13.7. The van der Waals surface area contributed by atoms with Gasteiger partial charge in [0.05, 0.1) is 16.4 Å². The number of benzene rings is 8. The summed E-state index contributed by atoms with van der Waals surface area (Å²) in [4.78, 5) is 2.42. The van der Waals surface area contributed by atoms with Gasteiger partial charge in [0, 0.05) is 36.3 Å². The third-order valence-electron chi connectivity index (χ3n) is 14.6. The van der Waals surface area contributed by atoms with Crippen molar-refractivity contribution in [3.8, 4) is 27.9 Å². The molecule has 1 spiro atoms. The molecular formula is C59H48N2. The Morgan fingerprint density at radius 3 is 1.54 bits per heavy atom. The lowest BCUT2D eigenvalue weighted by Gasteiger charge is -2.33. The predicted molar refractivity (Wildman–Crippen MR) is 254 cm³/mol. The lowest BCUT2D eigenvalue weighted by atomic mass is 9.69. The fourth-order valence-electron chi connectivity index (χ4n) is 11.9. The van der Waals surface area contributed by atoms with Crippen molar-refractivity contribution in [3.63, 3.8) is 0 Å². The van der Waals surface area contributed by atoms with Crippen molar-refractivity contribution in [1.82, 2.24) is 4.57 Å². The number of para-hydroxylation sites is 3. The molecule has 0 bridgehead atoms. The van der Waals surface area contributed by atoms with Gasteiger partial charge in [-0.2, -0.15) is 0 Å². The third kappa shape index (κ3) is 5.15. The Morgan fingerprint density at radius 1 is 0.410 bits per heavy atom. The zero-order valence-corrected chi connectivity index (χ0v) is 34.4. The smallest absolute Gasteiger partial charge is 0.0726 e. The zero-order valence-electron chi connectivity index (χ0n) is 36.4. The standard InChI is InChI=1S/C59H48N2/c1-2-19-43(20-3-1)60(44-21-14-22-45(37-44)61-57-27-12-9-24-51(57)52-25-10-13-28-58(52)61)46-31-34-50-47-23-8-11-26-53(47)59(56(50)38-46)54-35-41(39-15-4-5-16-39)29-32-48(54)49-33-30-42(36-55(49)59)40-17-6-7-18-40/h1-3,8-14,19-40H,4-7,15-18H2/i39D,40D. The van der Waals surface area contributed by atoms with Gasteiger partial charge in [-0.1, -0.05) is 153 Å². The maximum Gasteiger partial charge on any atom is 0.0726 e. The Morgan fingerprint density at radius 2 is 0.902 bits per heavy atom. The number of hydrogen-bond donors (Lipinski definition) is 0. The number of fused-ring (bicyclic) bond motifs is 13. The maximum absolute atomic E-state index is 9.77. The highest BCUT2D eigenvalue weighted by Crippen LogP contribution is 2.64. The van der Waals surface area contributed by atoms with Gasteiger partial charge in [-0.15, -0.1) is 0 Å². The molecule has 2 saturated carbocycles. The van der Waals surface area contributed by atoms with Crippen molar-refractivity contribution < 1.29 is 2.74 Å². The van der Waals surface area contributed by atoms with E-state index in [-0.39, 0.29) is 0 Å². The fourth-order valence-corrected chi connectivity index (χ4v) is 11.9. The minimum absolute atomic E-state index is 0.584. The van der Waals surface area contributed by atoms with Crippen LogP contribution in [0, 0.1) is 0 Å². The molecule has 0 unspecified atom stereocenters. The first kappa shape index (κ1) is 33.1. The molecule has 1 heterocycles. The Balaban J connectivity index is 1.06. The topological polar surface area (TPSA) is 8.17 Å². The van der Waals surface area contributed by atoms with Crippen LogP contribution in [0.1, 0.15) is 99.3 Å². The second-order valence-corrected chi connectivity index (χ2v) is 17.7. The van der Waals surface area contributed by atoms with Gasteiger partial charge < -0.3 is 9.47 Å². The van der Waals surface area contributed by atoms with Crippen molar-refractivity contribution in [2.45, 2.75) is 68.6 Å². The molecule has 294 valence electrons. The van der Waals surface area contributed by atoms with Gasteiger partial charge >= 0.3 is 0 Å². The van der Waals surface area contributed by atoms with Crippen LogP contribution >= 0.6 is 0 Å². The molecule has 2 nitrogen and oxygen atoms in total. The van der Waals surface area contributed by atoms with Gasteiger partial charge in [0.2, 0.25) is 0 Å². The van der Waals surface area contributed by atoms with Crippen LogP contribution in [0.25, 0.3) is 49.7 Å². The summed E-state index contributed by atoms with van der Waals surface area (Å²) in [5, 5.41) is 2.50.